The van der Waals surface area contributed by atoms with Gasteiger partial charge in [-0.1, -0.05) is 12.4 Å². The maximum Gasteiger partial charge on any atom is 1.00 e. The third-order valence-electron chi connectivity index (χ3n) is 1.88. The molecule has 64 valence electrons. The first kappa shape index (κ1) is 13.2. The van der Waals surface area contributed by atoms with E-state index in [9.17, 15) is 12.9 Å². The molecule has 0 N–H and O–H groups in total. The summed E-state index contributed by atoms with van der Waals surface area (Å²) in [5, 5.41) is 0. The van der Waals surface area contributed by atoms with Crippen LogP contribution in [0.5, 0.6) is 0 Å². The van der Waals surface area contributed by atoms with Gasteiger partial charge in [-0.2, -0.15) is 0 Å². The summed E-state index contributed by atoms with van der Waals surface area (Å²) in [5.74, 6) is 0. The van der Waals surface area contributed by atoms with E-state index in [1.54, 1.807) is 6.08 Å². The van der Waals surface area contributed by atoms with E-state index in [1.807, 2.05) is 0 Å². The molecule has 0 radical (unpaired) electrons. The molecular weight excluding hydrogens is 191 g/mol. The zero-order valence-electron chi connectivity index (χ0n) is 7.32. The summed E-state index contributed by atoms with van der Waals surface area (Å²) in [4.78, 5) is 0. The van der Waals surface area contributed by atoms with E-state index in [0.717, 1.165) is 19.3 Å². The van der Waals surface area contributed by atoms with Gasteiger partial charge in [0, 0.05) is 0 Å². The molecule has 1 aliphatic rings. The number of rotatable bonds is 2. The Balaban J connectivity index is 0.00000121. The van der Waals surface area contributed by atoms with Crippen LogP contribution in [0.4, 0.5) is 12.9 Å². The largest absolute Gasteiger partial charge is 1.00 e. The van der Waals surface area contributed by atoms with E-state index in [-0.39, 0.29) is 51.4 Å². The van der Waals surface area contributed by atoms with Crippen molar-refractivity contribution < 1.29 is 64.3 Å². The molecule has 0 aromatic carbocycles. The number of hydrogen-bond donors (Lipinski definition) is 0. The van der Waals surface area contributed by atoms with E-state index in [0.29, 0.717) is 12.0 Å². The van der Waals surface area contributed by atoms with Gasteiger partial charge in [-0.15, -0.1) is 5.57 Å². The smallest absolute Gasteiger partial charge is 0.449 e. The van der Waals surface area contributed by atoms with Crippen LogP contribution in [0.2, 0.25) is 6.32 Å². The fourth-order valence-corrected chi connectivity index (χ4v) is 1.39. The Kier molecular flexibility index (Phi) is 6.46. The summed E-state index contributed by atoms with van der Waals surface area (Å²) < 4.78 is 35.6. The molecule has 0 nitrogen and oxygen atoms in total. The van der Waals surface area contributed by atoms with Gasteiger partial charge in [0.05, 0.1) is 0 Å². The van der Waals surface area contributed by atoms with E-state index < -0.39 is 13.3 Å². The third kappa shape index (κ3) is 5.81. The van der Waals surface area contributed by atoms with Crippen LogP contribution in [0.1, 0.15) is 25.7 Å². The zero-order valence-corrected chi connectivity index (χ0v) is 10.4. The van der Waals surface area contributed by atoms with Crippen molar-refractivity contribution in [3.63, 3.8) is 0 Å². The Morgan fingerprint density at radius 2 is 1.92 bits per heavy atom. The summed E-state index contributed by atoms with van der Waals surface area (Å²) >= 11 is 0. The number of allylic oxidation sites excluding steroid dienone is 2. The van der Waals surface area contributed by atoms with Gasteiger partial charge in [-0.3, -0.25) is 0 Å². The Morgan fingerprint density at radius 3 is 2.33 bits per heavy atom. The first-order valence-corrected chi connectivity index (χ1v) is 3.97. The molecule has 0 aliphatic heterocycles. The monoisotopic (exact) mass is 202 g/mol. The average molecular weight is 202 g/mol. The van der Waals surface area contributed by atoms with Crippen LogP contribution in [0.3, 0.4) is 0 Å². The fourth-order valence-electron chi connectivity index (χ4n) is 1.39. The predicted molar refractivity (Wildman–Crippen MR) is 40.4 cm³/mol. The van der Waals surface area contributed by atoms with E-state index in [1.165, 1.54) is 0 Å². The van der Waals surface area contributed by atoms with Crippen molar-refractivity contribution in [3.8, 4) is 0 Å². The average Bonchev–Trinajstić information content (AvgIpc) is 1.85. The van der Waals surface area contributed by atoms with Gasteiger partial charge >= 0.3 is 58.4 Å². The second kappa shape index (κ2) is 5.86. The quantitative estimate of drug-likeness (QED) is 0.447. The molecule has 5 heteroatoms. The number of hydrogen-bond acceptors (Lipinski definition) is 0. The van der Waals surface area contributed by atoms with Gasteiger partial charge in [0.1, 0.15) is 0 Å². The van der Waals surface area contributed by atoms with Crippen molar-refractivity contribution in [3.05, 3.63) is 11.6 Å². The second-order valence-corrected chi connectivity index (χ2v) is 3.02. The van der Waals surface area contributed by atoms with Crippen LogP contribution >= 0.6 is 0 Å². The molecule has 0 aromatic heterocycles. The molecule has 1 aliphatic carbocycles. The van der Waals surface area contributed by atoms with Gasteiger partial charge in [-0.05, 0) is 25.7 Å². The summed E-state index contributed by atoms with van der Waals surface area (Å²) in [7, 11) is 0. The Bertz CT molecular complexity index is 165. The van der Waals surface area contributed by atoms with E-state index >= 15 is 0 Å². The van der Waals surface area contributed by atoms with Crippen LogP contribution in [0.25, 0.3) is 0 Å². The Labute approximate surface area is 113 Å². The zero-order chi connectivity index (χ0) is 8.32. The van der Waals surface area contributed by atoms with E-state index in [2.05, 4.69) is 0 Å². The first-order valence-electron chi connectivity index (χ1n) is 3.97. The predicted octanol–water partition coefficient (Wildman–Crippen LogP) is 0.338. The van der Waals surface area contributed by atoms with Crippen molar-refractivity contribution in [2.75, 3.05) is 0 Å². The summed E-state index contributed by atoms with van der Waals surface area (Å²) in [6, 6.07) is 0. The first-order chi connectivity index (χ1) is 5.08. The second-order valence-electron chi connectivity index (χ2n) is 3.02. The molecule has 1 rings (SSSR count). The molecular formula is C7H11BF3K. The van der Waals surface area contributed by atoms with Crippen molar-refractivity contribution in [2.45, 2.75) is 32.0 Å². The molecule has 0 amide bonds. The minimum Gasteiger partial charge on any atom is -0.449 e. The summed E-state index contributed by atoms with van der Waals surface area (Å²) in [6.45, 7) is -4.60. The van der Waals surface area contributed by atoms with Crippen LogP contribution in [-0.2, 0) is 0 Å². The molecule has 12 heavy (non-hydrogen) atoms. The van der Waals surface area contributed by atoms with Crippen molar-refractivity contribution in [1.29, 1.82) is 0 Å². The van der Waals surface area contributed by atoms with Crippen LogP contribution < -0.4 is 51.4 Å². The van der Waals surface area contributed by atoms with Crippen LogP contribution in [0.15, 0.2) is 11.6 Å². The van der Waals surface area contributed by atoms with Gasteiger partial charge in [0.15, 0.2) is 0 Å². The molecule has 0 bridgehead atoms. The standard InChI is InChI=1S/C7H11BF3.K/c9-8(10,11)6-7-4-2-1-3-5-7;/h4H,1-3,5-6H2;/q-1;+1. The molecule has 0 spiro atoms. The molecule has 0 atom stereocenters. The summed E-state index contributed by atoms with van der Waals surface area (Å²) in [6.07, 6.45) is 4.58. The minimum atomic E-state index is -4.60. The van der Waals surface area contributed by atoms with Crippen molar-refractivity contribution >= 4 is 6.98 Å². The summed E-state index contributed by atoms with van der Waals surface area (Å²) in [5.41, 5.74) is 0.601. The molecule has 0 aromatic rings. The molecule has 0 unspecified atom stereocenters. The minimum absolute atomic E-state index is 0. The number of halogens is 3. The van der Waals surface area contributed by atoms with Crippen molar-refractivity contribution in [2.24, 2.45) is 0 Å². The third-order valence-corrected chi connectivity index (χ3v) is 1.88. The van der Waals surface area contributed by atoms with Gasteiger partial charge < -0.3 is 12.9 Å². The normalized spacial score (nSPS) is 18.1. The van der Waals surface area contributed by atoms with Crippen LogP contribution in [0, 0.1) is 0 Å². The maximum atomic E-state index is 11.9. The molecule has 0 saturated heterocycles. The van der Waals surface area contributed by atoms with Crippen LogP contribution in [-0.4, -0.2) is 6.98 Å². The molecule has 0 fully saturated rings. The maximum absolute atomic E-state index is 11.9. The van der Waals surface area contributed by atoms with Gasteiger partial charge in [-0.25, -0.2) is 0 Å². The van der Waals surface area contributed by atoms with Gasteiger partial charge in [0.25, 0.3) is 0 Å². The Hall–Kier alpha value is 1.23. The van der Waals surface area contributed by atoms with Crippen molar-refractivity contribution in [1.82, 2.24) is 0 Å². The fraction of sp³-hybridized carbons (Fsp3) is 0.714. The topological polar surface area (TPSA) is 0 Å². The SMILES string of the molecule is F[B-](F)(F)CC1=CCCCC1.[K+]. The van der Waals surface area contributed by atoms with E-state index in [4.69, 9.17) is 0 Å². The Morgan fingerprint density at radius 1 is 1.25 bits per heavy atom. The van der Waals surface area contributed by atoms with Gasteiger partial charge in [0.2, 0.25) is 0 Å². The molecule has 0 heterocycles. The molecule has 0 saturated carbocycles.